The topological polar surface area (TPSA) is 116 Å². The molecular formula is C25H32N8O3. The van der Waals surface area contributed by atoms with E-state index in [1.165, 1.54) is 4.57 Å². The zero-order valence-corrected chi connectivity index (χ0v) is 21.4. The lowest BCUT2D eigenvalue weighted by atomic mass is 10.2. The number of imidazole rings is 1. The molecule has 3 N–H and O–H groups in total. The second-order valence-electron chi connectivity index (χ2n) is 8.73. The van der Waals surface area contributed by atoms with E-state index in [4.69, 9.17) is 15.2 Å². The van der Waals surface area contributed by atoms with Gasteiger partial charge in [-0.3, -0.25) is 4.57 Å². The van der Waals surface area contributed by atoms with Gasteiger partial charge in [-0.05, 0) is 32.3 Å². The molecule has 4 rings (SSSR count). The molecule has 0 unspecified atom stereocenters. The van der Waals surface area contributed by atoms with E-state index in [1.807, 2.05) is 45.4 Å². The van der Waals surface area contributed by atoms with Crippen LogP contribution in [0.25, 0.3) is 16.9 Å². The summed E-state index contributed by atoms with van der Waals surface area (Å²) in [4.78, 5) is 26.2. The highest BCUT2D eigenvalue weighted by atomic mass is 16.5. The Morgan fingerprint density at radius 2 is 1.81 bits per heavy atom. The highest BCUT2D eigenvalue weighted by molar-refractivity contribution is 5.80. The van der Waals surface area contributed by atoms with Gasteiger partial charge in [0.15, 0.2) is 0 Å². The Kier molecular flexibility index (Phi) is 7.02. The van der Waals surface area contributed by atoms with Crippen molar-refractivity contribution < 1.29 is 9.47 Å². The van der Waals surface area contributed by atoms with Gasteiger partial charge in [0.1, 0.15) is 17.3 Å². The maximum Gasteiger partial charge on any atom is 0.334 e. The van der Waals surface area contributed by atoms with E-state index in [2.05, 4.69) is 25.1 Å². The lowest BCUT2D eigenvalue weighted by molar-refractivity contribution is 0.413. The van der Waals surface area contributed by atoms with Crippen LogP contribution in [0.5, 0.6) is 11.5 Å². The Morgan fingerprint density at radius 3 is 2.50 bits per heavy atom. The number of benzene rings is 2. The van der Waals surface area contributed by atoms with Crippen molar-refractivity contribution in [2.75, 3.05) is 64.4 Å². The molecule has 0 aliphatic heterocycles. The van der Waals surface area contributed by atoms with E-state index in [9.17, 15) is 4.79 Å². The van der Waals surface area contributed by atoms with Gasteiger partial charge in [-0.2, -0.15) is 4.98 Å². The number of nitrogens with two attached hydrogens (primary N) is 1. The van der Waals surface area contributed by atoms with Crippen LogP contribution in [0, 0.1) is 0 Å². The summed E-state index contributed by atoms with van der Waals surface area (Å²) in [6.45, 7) is 1.70. The lowest BCUT2D eigenvalue weighted by Crippen LogP contribution is -2.29. The van der Waals surface area contributed by atoms with Gasteiger partial charge in [0.2, 0.25) is 5.95 Å². The summed E-state index contributed by atoms with van der Waals surface area (Å²) < 4.78 is 14.0. The first-order chi connectivity index (χ1) is 17.2. The van der Waals surface area contributed by atoms with Crippen LogP contribution in [-0.2, 0) is 7.05 Å². The van der Waals surface area contributed by atoms with Crippen LogP contribution >= 0.6 is 0 Å². The molecular weight excluding hydrogens is 460 g/mol. The van der Waals surface area contributed by atoms with Gasteiger partial charge in [0.05, 0.1) is 42.3 Å². The van der Waals surface area contributed by atoms with Crippen LogP contribution in [-0.4, -0.2) is 72.5 Å². The van der Waals surface area contributed by atoms with Crippen LogP contribution < -0.4 is 31.1 Å². The second kappa shape index (κ2) is 10.2. The van der Waals surface area contributed by atoms with Gasteiger partial charge < -0.3 is 30.3 Å². The molecule has 0 aliphatic rings. The number of nitrogens with zero attached hydrogens (tertiary/aromatic N) is 6. The number of hydrogen-bond acceptors (Lipinski definition) is 9. The van der Waals surface area contributed by atoms with E-state index < -0.39 is 0 Å². The van der Waals surface area contributed by atoms with E-state index in [1.54, 1.807) is 44.2 Å². The predicted octanol–water partition coefficient (Wildman–Crippen LogP) is 2.46. The van der Waals surface area contributed by atoms with Crippen LogP contribution in [0.3, 0.4) is 0 Å². The van der Waals surface area contributed by atoms with Gasteiger partial charge in [-0.15, -0.1) is 0 Å². The summed E-state index contributed by atoms with van der Waals surface area (Å²) in [5.74, 6) is 2.00. The molecule has 36 heavy (non-hydrogen) atoms. The molecule has 0 bridgehead atoms. The van der Waals surface area contributed by atoms with Crippen LogP contribution in [0.4, 0.5) is 23.0 Å². The Labute approximate surface area is 209 Å². The highest BCUT2D eigenvalue weighted by Gasteiger charge is 2.17. The molecule has 0 saturated carbocycles. The van der Waals surface area contributed by atoms with Crippen molar-refractivity contribution >= 4 is 34.0 Å². The van der Waals surface area contributed by atoms with Gasteiger partial charge in [0, 0.05) is 51.6 Å². The molecule has 2 aromatic heterocycles. The molecule has 0 atom stereocenters. The Balaban J connectivity index is 1.68. The third kappa shape index (κ3) is 4.78. The van der Waals surface area contributed by atoms with Crippen molar-refractivity contribution in [3.05, 3.63) is 53.1 Å². The largest absolute Gasteiger partial charge is 0.497 e. The minimum atomic E-state index is -0.227. The van der Waals surface area contributed by atoms with Crippen molar-refractivity contribution in [1.82, 2.24) is 24.0 Å². The third-order valence-corrected chi connectivity index (χ3v) is 6.02. The molecule has 4 aromatic rings. The molecule has 0 aliphatic carbocycles. The number of likely N-dealkylation sites (N-methyl/N-ethyl adjacent to an activating group) is 2. The molecule has 0 fully saturated rings. The molecule has 11 nitrogen and oxygen atoms in total. The van der Waals surface area contributed by atoms with E-state index in [0.717, 1.165) is 24.3 Å². The number of aryl methyl sites for hydroxylation is 1. The Morgan fingerprint density at radius 1 is 1.03 bits per heavy atom. The number of fused-ring (bicyclic) bond motifs is 1. The first-order valence-corrected chi connectivity index (χ1v) is 11.4. The molecule has 190 valence electrons. The maximum absolute atomic E-state index is 13.1. The first kappa shape index (κ1) is 24.9. The van der Waals surface area contributed by atoms with Crippen molar-refractivity contribution in [2.24, 2.45) is 7.05 Å². The zero-order valence-electron chi connectivity index (χ0n) is 21.4. The number of ether oxygens (including phenoxy) is 2. The summed E-state index contributed by atoms with van der Waals surface area (Å²) in [6.07, 6.45) is 1.60. The molecule has 0 spiro atoms. The maximum atomic E-state index is 13.1. The van der Waals surface area contributed by atoms with Gasteiger partial charge in [0.25, 0.3) is 0 Å². The van der Waals surface area contributed by atoms with Crippen molar-refractivity contribution in [2.45, 2.75) is 0 Å². The number of aromatic nitrogens is 4. The minimum absolute atomic E-state index is 0.227. The van der Waals surface area contributed by atoms with Gasteiger partial charge >= 0.3 is 5.69 Å². The SMILES string of the molecule is COc1ccc2c(c1)n(C)c(=O)n2-c1ccnc(Nc2cc(N)c(N(C)CCN(C)C)cc2OC)n1. The van der Waals surface area contributed by atoms with Crippen LogP contribution in [0.15, 0.2) is 47.4 Å². The monoisotopic (exact) mass is 492 g/mol. The molecule has 0 amide bonds. The number of hydrogen-bond donors (Lipinski definition) is 2. The standard InChI is InChI=1S/C25H32N8O3/c1-30(2)11-12-31(3)20-15-22(36-6)18(14-17(20)26)28-24-27-10-9-23(29-24)33-19-8-7-16(35-5)13-21(19)32(4)25(33)34/h7-10,13-15H,11-12,26H2,1-6H3,(H,27,28,29). The molecule has 2 heterocycles. The number of rotatable bonds is 9. The molecule has 0 saturated heterocycles. The smallest absolute Gasteiger partial charge is 0.334 e. The fraction of sp³-hybridized carbons (Fsp3) is 0.320. The molecule has 11 heteroatoms. The zero-order chi connectivity index (χ0) is 26.0. The van der Waals surface area contributed by atoms with Crippen molar-refractivity contribution in [3.63, 3.8) is 0 Å². The summed E-state index contributed by atoms with van der Waals surface area (Å²) >= 11 is 0. The molecule has 0 radical (unpaired) electrons. The average Bonchev–Trinajstić information content (AvgIpc) is 3.12. The normalized spacial score (nSPS) is 11.2. The second-order valence-corrected chi connectivity index (χ2v) is 8.73. The van der Waals surface area contributed by atoms with E-state index in [-0.39, 0.29) is 5.69 Å². The highest BCUT2D eigenvalue weighted by Crippen LogP contribution is 2.36. The van der Waals surface area contributed by atoms with Crippen molar-refractivity contribution in [1.29, 1.82) is 0 Å². The number of nitrogen functional groups attached to an aromatic ring is 1. The predicted molar refractivity (Wildman–Crippen MR) is 143 cm³/mol. The first-order valence-electron chi connectivity index (χ1n) is 11.4. The summed E-state index contributed by atoms with van der Waals surface area (Å²) in [5.41, 5.74) is 9.68. The van der Waals surface area contributed by atoms with Crippen molar-refractivity contribution in [3.8, 4) is 17.3 Å². The number of nitrogens with one attached hydrogen (secondary N) is 1. The fourth-order valence-electron chi connectivity index (χ4n) is 3.97. The summed E-state index contributed by atoms with van der Waals surface area (Å²) in [5, 5.41) is 3.19. The van der Waals surface area contributed by atoms with Gasteiger partial charge in [-0.25, -0.2) is 14.3 Å². The Bertz CT molecular complexity index is 1440. The van der Waals surface area contributed by atoms with Crippen LogP contribution in [0.2, 0.25) is 0 Å². The summed E-state index contributed by atoms with van der Waals surface area (Å²) in [6, 6.07) is 10.8. The van der Waals surface area contributed by atoms with E-state index in [0.29, 0.717) is 40.2 Å². The average molecular weight is 493 g/mol. The van der Waals surface area contributed by atoms with Gasteiger partial charge in [-0.1, -0.05) is 0 Å². The Hall–Kier alpha value is -4.25. The minimum Gasteiger partial charge on any atom is -0.497 e. The quantitative estimate of drug-likeness (QED) is 0.340. The fourth-order valence-corrected chi connectivity index (χ4v) is 3.97. The molecule has 2 aromatic carbocycles. The van der Waals surface area contributed by atoms with E-state index >= 15 is 0 Å². The lowest BCUT2D eigenvalue weighted by Gasteiger charge is -2.24. The van der Waals surface area contributed by atoms with Crippen LogP contribution in [0.1, 0.15) is 0 Å². The summed E-state index contributed by atoms with van der Waals surface area (Å²) in [7, 11) is 11.0. The third-order valence-electron chi connectivity index (χ3n) is 6.02. The number of anilines is 4. The number of methoxy groups -OCH3 is 2.